The zero-order chi connectivity index (χ0) is 13.5. The third-order valence-electron chi connectivity index (χ3n) is 2.19. The van der Waals surface area contributed by atoms with Gasteiger partial charge in [-0.1, -0.05) is 29.8 Å². The molecular weight excluding hydrogens is 318 g/mol. The van der Waals surface area contributed by atoms with E-state index in [0.717, 1.165) is 11.3 Å². The summed E-state index contributed by atoms with van der Waals surface area (Å²) in [4.78, 5) is 10.3. The molecule has 4 nitrogen and oxygen atoms in total. The maximum atomic E-state index is 10.7. The predicted octanol–water partition coefficient (Wildman–Crippen LogP) is 4.01. The summed E-state index contributed by atoms with van der Waals surface area (Å²) in [7, 11) is 0. The number of thioether (sulfide) groups is 1. The van der Waals surface area contributed by atoms with Crippen LogP contribution in [0.4, 0.5) is 5.69 Å². The van der Waals surface area contributed by atoms with Crippen LogP contribution in [0.25, 0.3) is 0 Å². The van der Waals surface area contributed by atoms with Gasteiger partial charge in [0.25, 0.3) is 5.69 Å². The van der Waals surface area contributed by atoms with E-state index < -0.39 is 4.92 Å². The van der Waals surface area contributed by atoms with Gasteiger partial charge in [0.2, 0.25) is 0 Å². The summed E-state index contributed by atoms with van der Waals surface area (Å²) in [5, 5.41) is 11.8. The lowest BCUT2D eigenvalue weighted by atomic mass is 10.2. The van der Waals surface area contributed by atoms with Gasteiger partial charge in [0, 0.05) is 28.8 Å². The smallest absolute Gasteiger partial charge is 0.270 e. The lowest BCUT2D eigenvalue weighted by Gasteiger charge is -2.10. The summed E-state index contributed by atoms with van der Waals surface area (Å²) in [6.07, 6.45) is 0. The van der Waals surface area contributed by atoms with Crippen molar-refractivity contribution in [1.82, 2.24) is 0 Å². The van der Waals surface area contributed by atoms with Crippen LogP contribution >= 0.6 is 27.7 Å². The Morgan fingerprint density at radius 3 is 2.78 bits per heavy atom. The maximum absolute atomic E-state index is 10.7. The SMILES string of the molecule is CC(C)SCCOc1ccc([N+](=O)[O-])cc1CBr. The van der Waals surface area contributed by atoms with Gasteiger partial charge < -0.3 is 4.74 Å². The number of hydrogen-bond donors (Lipinski definition) is 0. The standard InChI is InChI=1S/C12H16BrNO3S/c1-9(2)18-6-5-17-12-4-3-11(14(15)16)7-10(12)8-13/h3-4,7,9H,5-6,8H2,1-2H3. The Morgan fingerprint density at radius 2 is 2.22 bits per heavy atom. The van der Waals surface area contributed by atoms with Gasteiger partial charge in [0.05, 0.1) is 11.5 Å². The van der Waals surface area contributed by atoms with Gasteiger partial charge in [-0.15, -0.1) is 0 Å². The highest BCUT2D eigenvalue weighted by molar-refractivity contribution is 9.08. The highest BCUT2D eigenvalue weighted by Crippen LogP contribution is 2.26. The second-order valence-corrected chi connectivity index (χ2v) is 6.20. The van der Waals surface area contributed by atoms with Gasteiger partial charge >= 0.3 is 0 Å². The average Bonchev–Trinajstić information content (AvgIpc) is 2.34. The van der Waals surface area contributed by atoms with Crippen molar-refractivity contribution in [3.8, 4) is 5.75 Å². The van der Waals surface area contributed by atoms with E-state index in [0.29, 0.717) is 22.9 Å². The van der Waals surface area contributed by atoms with Gasteiger partial charge in [-0.25, -0.2) is 0 Å². The van der Waals surface area contributed by atoms with Crippen LogP contribution in [0, 0.1) is 10.1 Å². The van der Waals surface area contributed by atoms with Crippen molar-refractivity contribution in [2.75, 3.05) is 12.4 Å². The second-order valence-electron chi connectivity index (χ2n) is 3.95. The molecule has 1 aromatic rings. The monoisotopic (exact) mass is 333 g/mol. The number of benzene rings is 1. The molecular formula is C12H16BrNO3S. The first-order valence-electron chi connectivity index (χ1n) is 5.62. The summed E-state index contributed by atoms with van der Waals surface area (Å²) in [5.41, 5.74) is 0.895. The molecule has 6 heteroatoms. The van der Waals surface area contributed by atoms with Crippen LogP contribution in [-0.4, -0.2) is 22.5 Å². The molecule has 0 N–H and O–H groups in total. The predicted molar refractivity (Wildman–Crippen MR) is 78.8 cm³/mol. The van der Waals surface area contributed by atoms with Crippen molar-refractivity contribution in [2.24, 2.45) is 0 Å². The lowest BCUT2D eigenvalue weighted by molar-refractivity contribution is -0.384. The molecule has 0 spiro atoms. The molecule has 0 saturated heterocycles. The summed E-state index contributed by atoms with van der Waals surface area (Å²) in [6.45, 7) is 4.89. The molecule has 0 saturated carbocycles. The van der Waals surface area contributed by atoms with Crippen molar-refractivity contribution in [3.05, 3.63) is 33.9 Å². The number of ether oxygens (including phenoxy) is 1. The molecule has 1 rings (SSSR count). The van der Waals surface area contributed by atoms with E-state index >= 15 is 0 Å². The molecule has 0 aromatic heterocycles. The minimum absolute atomic E-state index is 0.0911. The Balaban J connectivity index is 2.62. The van der Waals surface area contributed by atoms with Crippen LogP contribution in [-0.2, 0) is 5.33 Å². The topological polar surface area (TPSA) is 52.4 Å². The minimum Gasteiger partial charge on any atom is -0.492 e. The third kappa shape index (κ3) is 4.86. The summed E-state index contributed by atoms with van der Waals surface area (Å²) in [6, 6.07) is 4.67. The number of alkyl halides is 1. The fourth-order valence-electron chi connectivity index (χ4n) is 1.36. The number of hydrogen-bond acceptors (Lipinski definition) is 4. The van der Waals surface area contributed by atoms with Gasteiger partial charge in [0.1, 0.15) is 5.75 Å². The van der Waals surface area contributed by atoms with Crippen LogP contribution in [0.3, 0.4) is 0 Å². The van der Waals surface area contributed by atoms with Crippen molar-refractivity contribution in [3.63, 3.8) is 0 Å². The first-order valence-corrected chi connectivity index (χ1v) is 7.79. The average molecular weight is 334 g/mol. The molecule has 0 amide bonds. The molecule has 0 unspecified atom stereocenters. The van der Waals surface area contributed by atoms with Gasteiger partial charge in [0.15, 0.2) is 0 Å². The van der Waals surface area contributed by atoms with E-state index in [1.54, 1.807) is 12.1 Å². The minimum atomic E-state index is -0.398. The Labute approximate surface area is 119 Å². The molecule has 0 aliphatic heterocycles. The fourth-order valence-corrected chi connectivity index (χ4v) is 2.45. The highest BCUT2D eigenvalue weighted by Gasteiger charge is 2.10. The molecule has 1 aromatic carbocycles. The van der Waals surface area contributed by atoms with Crippen molar-refractivity contribution in [2.45, 2.75) is 24.4 Å². The molecule has 0 radical (unpaired) electrons. The molecule has 0 atom stereocenters. The van der Waals surface area contributed by atoms with Gasteiger partial charge in [-0.3, -0.25) is 10.1 Å². The Bertz CT molecular complexity index is 412. The molecule has 0 aliphatic rings. The van der Waals surface area contributed by atoms with Crippen LogP contribution in [0.2, 0.25) is 0 Å². The van der Waals surface area contributed by atoms with E-state index in [9.17, 15) is 10.1 Å². The number of rotatable bonds is 7. The summed E-state index contributed by atoms with van der Waals surface area (Å²) < 4.78 is 5.64. The van der Waals surface area contributed by atoms with Crippen LogP contribution in [0.15, 0.2) is 18.2 Å². The van der Waals surface area contributed by atoms with Crippen LogP contribution in [0.1, 0.15) is 19.4 Å². The third-order valence-corrected chi connectivity index (χ3v) is 3.86. The maximum Gasteiger partial charge on any atom is 0.270 e. The van der Waals surface area contributed by atoms with E-state index in [4.69, 9.17) is 4.74 Å². The van der Waals surface area contributed by atoms with Gasteiger partial charge in [-0.2, -0.15) is 11.8 Å². The zero-order valence-electron chi connectivity index (χ0n) is 10.4. The molecule has 0 heterocycles. The van der Waals surface area contributed by atoms with Crippen LogP contribution in [0.5, 0.6) is 5.75 Å². The normalized spacial score (nSPS) is 10.7. The van der Waals surface area contributed by atoms with E-state index in [1.807, 2.05) is 11.8 Å². The van der Waals surface area contributed by atoms with Crippen molar-refractivity contribution in [1.29, 1.82) is 0 Å². The highest BCUT2D eigenvalue weighted by atomic mass is 79.9. The van der Waals surface area contributed by atoms with Gasteiger partial charge in [-0.05, 0) is 11.3 Å². The van der Waals surface area contributed by atoms with Crippen molar-refractivity contribution >= 4 is 33.4 Å². The lowest BCUT2D eigenvalue weighted by Crippen LogP contribution is -2.04. The number of non-ortho nitro benzene ring substituents is 1. The zero-order valence-corrected chi connectivity index (χ0v) is 12.8. The summed E-state index contributed by atoms with van der Waals surface area (Å²) in [5.74, 6) is 1.62. The Morgan fingerprint density at radius 1 is 1.50 bits per heavy atom. The molecule has 0 fully saturated rings. The number of nitro groups is 1. The number of nitrogens with zero attached hydrogens (tertiary/aromatic N) is 1. The van der Waals surface area contributed by atoms with Crippen LogP contribution < -0.4 is 4.74 Å². The Kier molecular flexibility index (Phi) is 6.49. The summed E-state index contributed by atoms with van der Waals surface area (Å²) >= 11 is 5.14. The molecule has 0 aliphatic carbocycles. The number of halogens is 1. The molecule has 18 heavy (non-hydrogen) atoms. The Hall–Kier alpha value is -0.750. The van der Waals surface area contributed by atoms with Crippen molar-refractivity contribution < 1.29 is 9.66 Å². The van der Waals surface area contributed by atoms with E-state index in [2.05, 4.69) is 29.8 Å². The first kappa shape index (κ1) is 15.3. The molecule has 0 bridgehead atoms. The van der Waals surface area contributed by atoms with E-state index in [1.165, 1.54) is 6.07 Å². The largest absolute Gasteiger partial charge is 0.492 e. The number of nitro benzene ring substituents is 1. The molecule has 100 valence electrons. The second kappa shape index (κ2) is 7.63. The first-order chi connectivity index (χ1) is 8.54. The quantitative estimate of drug-likeness (QED) is 0.327. The van der Waals surface area contributed by atoms with E-state index in [-0.39, 0.29) is 5.69 Å². The fraction of sp³-hybridized carbons (Fsp3) is 0.500.